The van der Waals surface area contributed by atoms with Gasteiger partial charge in [0.25, 0.3) is 0 Å². The second kappa shape index (κ2) is 9.60. The molecule has 0 bridgehead atoms. The largest absolute Gasteiger partial charge is 0.0988 e. The maximum absolute atomic E-state index is 4.15. The van der Waals surface area contributed by atoms with Crippen molar-refractivity contribution in [3.8, 4) is 0 Å². The maximum Gasteiger partial charge on any atom is -0.0160 e. The first kappa shape index (κ1) is 20.3. The molecule has 3 unspecified atom stereocenters. The molecule has 3 atom stereocenters. The van der Waals surface area contributed by atoms with E-state index in [0.29, 0.717) is 11.8 Å². The van der Waals surface area contributed by atoms with Gasteiger partial charge >= 0.3 is 0 Å². The van der Waals surface area contributed by atoms with E-state index in [0.717, 1.165) is 11.8 Å². The van der Waals surface area contributed by atoms with Crippen LogP contribution in [0.5, 0.6) is 0 Å². The Balaban J connectivity index is 2.15. The standard InChI is InChI=1S/C25H40/c1-7-25(22(6)23-13-9-8-10-14-23)20(4)17-19(3)21(5)24-15-11-12-18(2)16-24/h7,16-17,21-24H,1,8-15H2,2-6H3/b19-17+,25-20+. The third kappa shape index (κ3) is 5.47. The van der Waals surface area contributed by atoms with Crippen LogP contribution >= 0.6 is 0 Å². The Morgan fingerprint density at radius 3 is 2.32 bits per heavy atom. The van der Waals surface area contributed by atoms with Crippen LogP contribution in [0.25, 0.3) is 0 Å². The molecule has 2 rings (SSSR count). The maximum atomic E-state index is 4.15. The molecular weight excluding hydrogens is 300 g/mol. The van der Waals surface area contributed by atoms with E-state index in [2.05, 4.69) is 59.4 Å². The summed E-state index contributed by atoms with van der Waals surface area (Å²) in [5, 5.41) is 0. The van der Waals surface area contributed by atoms with Crippen LogP contribution in [0.3, 0.4) is 0 Å². The Labute approximate surface area is 157 Å². The van der Waals surface area contributed by atoms with E-state index in [-0.39, 0.29) is 0 Å². The average Bonchev–Trinajstić information content (AvgIpc) is 2.62. The van der Waals surface area contributed by atoms with Crippen molar-refractivity contribution < 1.29 is 0 Å². The second-order valence-corrected chi connectivity index (χ2v) is 8.78. The molecule has 0 aliphatic heterocycles. The minimum Gasteiger partial charge on any atom is -0.0988 e. The predicted molar refractivity (Wildman–Crippen MR) is 113 cm³/mol. The van der Waals surface area contributed by atoms with E-state index in [1.165, 1.54) is 68.1 Å². The Kier molecular flexibility index (Phi) is 7.79. The van der Waals surface area contributed by atoms with E-state index in [1.54, 1.807) is 5.57 Å². The van der Waals surface area contributed by atoms with Gasteiger partial charge in [-0.1, -0.05) is 69.1 Å². The van der Waals surface area contributed by atoms with Crippen molar-refractivity contribution in [1.82, 2.24) is 0 Å². The molecule has 140 valence electrons. The van der Waals surface area contributed by atoms with Gasteiger partial charge in [-0.25, -0.2) is 0 Å². The minimum absolute atomic E-state index is 0.640. The number of allylic oxidation sites excluding steroid dienone is 7. The smallest absolute Gasteiger partial charge is 0.0160 e. The Bertz CT molecular complexity index is 536. The number of hydrogen-bond donors (Lipinski definition) is 0. The normalized spacial score (nSPS) is 26.5. The van der Waals surface area contributed by atoms with Crippen molar-refractivity contribution in [2.24, 2.45) is 23.7 Å². The molecule has 0 aromatic rings. The van der Waals surface area contributed by atoms with Gasteiger partial charge in [0, 0.05) is 0 Å². The summed E-state index contributed by atoms with van der Waals surface area (Å²) < 4.78 is 0. The monoisotopic (exact) mass is 340 g/mol. The van der Waals surface area contributed by atoms with Crippen LogP contribution < -0.4 is 0 Å². The van der Waals surface area contributed by atoms with Crippen LogP contribution in [0.4, 0.5) is 0 Å². The van der Waals surface area contributed by atoms with Gasteiger partial charge in [0.05, 0.1) is 0 Å². The first-order valence-electron chi connectivity index (χ1n) is 10.6. The van der Waals surface area contributed by atoms with Crippen LogP contribution in [-0.4, -0.2) is 0 Å². The lowest BCUT2D eigenvalue weighted by Crippen LogP contribution is -2.17. The van der Waals surface area contributed by atoms with Gasteiger partial charge in [-0.15, -0.1) is 0 Å². The molecule has 0 aromatic carbocycles. The van der Waals surface area contributed by atoms with Crippen LogP contribution in [0.1, 0.15) is 86.0 Å². The highest BCUT2D eigenvalue weighted by Gasteiger charge is 2.23. The van der Waals surface area contributed by atoms with E-state index >= 15 is 0 Å². The van der Waals surface area contributed by atoms with Crippen LogP contribution in [0, 0.1) is 23.7 Å². The summed E-state index contributed by atoms with van der Waals surface area (Å²) in [6.07, 6.45) is 18.2. The second-order valence-electron chi connectivity index (χ2n) is 8.78. The van der Waals surface area contributed by atoms with Gasteiger partial charge in [0.1, 0.15) is 0 Å². The van der Waals surface area contributed by atoms with Crippen LogP contribution in [-0.2, 0) is 0 Å². The molecular formula is C25H40. The van der Waals surface area contributed by atoms with Gasteiger partial charge in [-0.05, 0) is 87.7 Å². The summed E-state index contributed by atoms with van der Waals surface area (Å²) in [4.78, 5) is 0. The van der Waals surface area contributed by atoms with E-state index in [4.69, 9.17) is 0 Å². The molecule has 0 saturated heterocycles. The lowest BCUT2D eigenvalue weighted by molar-refractivity contribution is 0.293. The summed E-state index contributed by atoms with van der Waals surface area (Å²) in [6.45, 7) is 15.9. The first-order chi connectivity index (χ1) is 11.9. The lowest BCUT2D eigenvalue weighted by Gasteiger charge is -2.30. The fraction of sp³-hybridized carbons (Fsp3) is 0.680. The fourth-order valence-electron chi connectivity index (χ4n) is 5.03. The summed E-state index contributed by atoms with van der Waals surface area (Å²) >= 11 is 0. The molecule has 0 spiro atoms. The van der Waals surface area contributed by atoms with Crippen LogP contribution in [0.2, 0.25) is 0 Å². The highest BCUT2D eigenvalue weighted by molar-refractivity contribution is 5.35. The SMILES string of the molecule is C=C/C(=C(C)\C=C(/C)C(C)C1C=C(C)CCC1)C(C)C1CCCCC1. The van der Waals surface area contributed by atoms with Crippen molar-refractivity contribution in [3.05, 3.63) is 47.1 Å². The van der Waals surface area contributed by atoms with Crippen molar-refractivity contribution in [2.45, 2.75) is 86.0 Å². The number of hydrogen-bond acceptors (Lipinski definition) is 0. The lowest BCUT2D eigenvalue weighted by atomic mass is 9.76. The van der Waals surface area contributed by atoms with Crippen molar-refractivity contribution in [2.75, 3.05) is 0 Å². The molecule has 0 radical (unpaired) electrons. The molecule has 0 N–H and O–H groups in total. The van der Waals surface area contributed by atoms with Gasteiger partial charge in [0.15, 0.2) is 0 Å². The molecule has 0 heterocycles. The molecule has 1 saturated carbocycles. The summed E-state index contributed by atoms with van der Waals surface area (Å²) in [5.41, 5.74) is 6.03. The highest BCUT2D eigenvalue weighted by atomic mass is 14.3. The van der Waals surface area contributed by atoms with Gasteiger partial charge in [-0.2, -0.15) is 0 Å². The third-order valence-corrected chi connectivity index (χ3v) is 6.93. The molecule has 0 aromatic heterocycles. The van der Waals surface area contributed by atoms with E-state index in [9.17, 15) is 0 Å². The molecule has 2 aliphatic carbocycles. The topological polar surface area (TPSA) is 0 Å². The Hall–Kier alpha value is -1.04. The Morgan fingerprint density at radius 1 is 1.04 bits per heavy atom. The van der Waals surface area contributed by atoms with Gasteiger partial charge in [0.2, 0.25) is 0 Å². The van der Waals surface area contributed by atoms with Crippen molar-refractivity contribution >= 4 is 0 Å². The fourth-order valence-corrected chi connectivity index (χ4v) is 5.03. The molecule has 25 heavy (non-hydrogen) atoms. The zero-order chi connectivity index (χ0) is 18.4. The summed E-state index contributed by atoms with van der Waals surface area (Å²) in [6, 6.07) is 0. The van der Waals surface area contributed by atoms with E-state index < -0.39 is 0 Å². The highest BCUT2D eigenvalue weighted by Crippen LogP contribution is 2.36. The quantitative estimate of drug-likeness (QED) is 0.339. The summed E-state index contributed by atoms with van der Waals surface area (Å²) in [5.74, 6) is 2.86. The predicted octanol–water partition coefficient (Wildman–Crippen LogP) is 8.03. The Morgan fingerprint density at radius 2 is 1.72 bits per heavy atom. The van der Waals surface area contributed by atoms with Gasteiger partial charge < -0.3 is 0 Å². The molecule has 2 aliphatic rings. The molecule has 0 amide bonds. The van der Waals surface area contributed by atoms with Crippen molar-refractivity contribution in [1.29, 1.82) is 0 Å². The number of rotatable bonds is 6. The van der Waals surface area contributed by atoms with E-state index in [1.807, 2.05) is 0 Å². The van der Waals surface area contributed by atoms with Gasteiger partial charge in [-0.3, -0.25) is 0 Å². The molecule has 0 heteroatoms. The summed E-state index contributed by atoms with van der Waals surface area (Å²) in [7, 11) is 0. The molecule has 0 nitrogen and oxygen atoms in total. The third-order valence-electron chi connectivity index (χ3n) is 6.93. The first-order valence-corrected chi connectivity index (χ1v) is 10.6. The van der Waals surface area contributed by atoms with Crippen molar-refractivity contribution in [3.63, 3.8) is 0 Å². The minimum atomic E-state index is 0.640. The average molecular weight is 341 g/mol. The molecule has 1 fully saturated rings. The van der Waals surface area contributed by atoms with Crippen LogP contribution in [0.15, 0.2) is 47.1 Å². The zero-order valence-corrected chi connectivity index (χ0v) is 17.4. The zero-order valence-electron chi connectivity index (χ0n) is 17.4.